The van der Waals surface area contributed by atoms with E-state index in [0.717, 1.165) is 0 Å². The Kier molecular flexibility index (Phi) is 3.03. The third-order valence-electron chi connectivity index (χ3n) is 3.34. The molecular formula is C12H16F2N2O. The van der Waals surface area contributed by atoms with E-state index >= 15 is 0 Å². The van der Waals surface area contributed by atoms with E-state index in [1.807, 2.05) is 0 Å². The Morgan fingerprint density at radius 1 is 1.29 bits per heavy atom. The molecule has 0 amide bonds. The number of hydrogen-bond donors (Lipinski definition) is 1. The molecular weight excluding hydrogens is 226 g/mol. The highest BCUT2D eigenvalue weighted by Gasteiger charge is 2.43. The van der Waals surface area contributed by atoms with Gasteiger partial charge < -0.3 is 10.5 Å². The molecule has 1 aliphatic carbocycles. The fraction of sp³-hybridized carbons (Fsp3) is 0.583. The van der Waals surface area contributed by atoms with Gasteiger partial charge in [-0.25, -0.2) is 8.78 Å². The van der Waals surface area contributed by atoms with Gasteiger partial charge in [0.05, 0.1) is 12.6 Å². The lowest BCUT2D eigenvalue weighted by Gasteiger charge is -2.37. The summed E-state index contributed by atoms with van der Waals surface area (Å²) in [5.41, 5.74) is 5.99. The molecule has 0 atom stereocenters. The van der Waals surface area contributed by atoms with E-state index in [9.17, 15) is 8.78 Å². The molecule has 1 heterocycles. The van der Waals surface area contributed by atoms with Gasteiger partial charge in [-0.2, -0.15) is 0 Å². The van der Waals surface area contributed by atoms with Gasteiger partial charge in [0.25, 0.3) is 0 Å². The highest BCUT2D eigenvalue weighted by Crippen LogP contribution is 2.43. The molecule has 2 rings (SSSR count). The molecule has 0 unspecified atom stereocenters. The fourth-order valence-electron chi connectivity index (χ4n) is 2.23. The summed E-state index contributed by atoms with van der Waals surface area (Å²) in [5, 5.41) is 0. The van der Waals surface area contributed by atoms with Crippen molar-refractivity contribution in [2.45, 2.75) is 37.1 Å². The van der Waals surface area contributed by atoms with Crippen molar-refractivity contribution in [1.82, 2.24) is 4.98 Å². The molecule has 0 aromatic carbocycles. The zero-order valence-electron chi connectivity index (χ0n) is 9.75. The number of ether oxygens (including phenoxy) is 1. The number of alkyl halides is 2. The lowest BCUT2D eigenvalue weighted by Crippen LogP contribution is -2.44. The van der Waals surface area contributed by atoms with Crippen LogP contribution in [0.2, 0.25) is 0 Å². The zero-order chi connectivity index (χ0) is 12.5. The number of hydrogen-bond acceptors (Lipinski definition) is 3. The van der Waals surface area contributed by atoms with Crippen molar-refractivity contribution in [3.63, 3.8) is 0 Å². The Bertz CT molecular complexity index is 399. The zero-order valence-corrected chi connectivity index (χ0v) is 9.75. The van der Waals surface area contributed by atoms with Crippen molar-refractivity contribution in [3.05, 3.63) is 24.0 Å². The van der Waals surface area contributed by atoms with Gasteiger partial charge in [-0.15, -0.1) is 0 Å². The third-order valence-corrected chi connectivity index (χ3v) is 3.34. The fourth-order valence-corrected chi connectivity index (χ4v) is 2.23. The minimum Gasteiger partial charge on any atom is -0.495 e. The van der Waals surface area contributed by atoms with E-state index < -0.39 is 11.5 Å². The quantitative estimate of drug-likeness (QED) is 0.866. The minimum atomic E-state index is -2.59. The van der Waals surface area contributed by atoms with Crippen LogP contribution in [0, 0.1) is 0 Å². The average molecular weight is 242 g/mol. The standard InChI is InChI=1S/C12H16F2N2O/c1-17-9-3-2-8-16-10(9)11(15)4-6-12(13,14)7-5-11/h2-3,8H,4-7,15H2,1H3. The van der Waals surface area contributed by atoms with E-state index in [0.29, 0.717) is 11.4 Å². The second kappa shape index (κ2) is 4.22. The first kappa shape index (κ1) is 12.2. The monoisotopic (exact) mass is 242 g/mol. The van der Waals surface area contributed by atoms with E-state index in [2.05, 4.69) is 4.98 Å². The normalized spacial score (nSPS) is 22.1. The molecule has 1 aromatic heterocycles. The summed E-state index contributed by atoms with van der Waals surface area (Å²) in [5.74, 6) is -2.02. The predicted molar refractivity (Wildman–Crippen MR) is 60.1 cm³/mol. The Hall–Kier alpha value is -1.23. The number of nitrogens with zero attached hydrogens (tertiary/aromatic N) is 1. The van der Waals surface area contributed by atoms with Gasteiger partial charge in [-0.1, -0.05) is 0 Å². The predicted octanol–water partition coefficient (Wildman–Crippen LogP) is 2.45. The molecule has 17 heavy (non-hydrogen) atoms. The summed E-state index contributed by atoms with van der Waals surface area (Å²) in [4.78, 5) is 4.20. The summed E-state index contributed by atoms with van der Waals surface area (Å²) in [6, 6.07) is 3.49. The SMILES string of the molecule is COc1cccnc1C1(N)CCC(F)(F)CC1. The largest absolute Gasteiger partial charge is 0.495 e. The molecule has 3 nitrogen and oxygen atoms in total. The van der Waals surface area contributed by atoms with Crippen molar-refractivity contribution < 1.29 is 13.5 Å². The van der Waals surface area contributed by atoms with Gasteiger partial charge in [0, 0.05) is 19.0 Å². The molecule has 1 fully saturated rings. The van der Waals surface area contributed by atoms with Gasteiger partial charge in [0.2, 0.25) is 5.92 Å². The van der Waals surface area contributed by atoms with Crippen LogP contribution in [0.4, 0.5) is 8.78 Å². The summed E-state index contributed by atoms with van der Waals surface area (Å²) < 4.78 is 31.5. The molecule has 0 spiro atoms. The number of rotatable bonds is 2. The molecule has 5 heteroatoms. The van der Waals surface area contributed by atoms with E-state index in [1.54, 1.807) is 18.3 Å². The first-order valence-electron chi connectivity index (χ1n) is 5.63. The molecule has 0 radical (unpaired) electrons. The number of aromatic nitrogens is 1. The van der Waals surface area contributed by atoms with Gasteiger partial charge in [0.15, 0.2) is 0 Å². The smallest absolute Gasteiger partial charge is 0.248 e. The summed E-state index contributed by atoms with van der Waals surface area (Å²) in [6.45, 7) is 0. The first-order valence-corrected chi connectivity index (χ1v) is 5.63. The Morgan fingerprint density at radius 3 is 2.53 bits per heavy atom. The topological polar surface area (TPSA) is 48.1 Å². The van der Waals surface area contributed by atoms with Gasteiger partial charge >= 0.3 is 0 Å². The van der Waals surface area contributed by atoms with Crippen LogP contribution in [-0.4, -0.2) is 18.0 Å². The maximum absolute atomic E-state index is 13.1. The van der Waals surface area contributed by atoms with Crippen LogP contribution >= 0.6 is 0 Å². The number of methoxy groups -OCH3 is 1. The number of nitrogens with two attached hydrogens (primary N) is 1. The third kappa shape index (κ3) is 2.39. The Labute approximate surface area is 99.0 Å². The van der Waals surface area contributed by atoms with Crippen molar-refractivity contribution in [2.24, 2.45) is 5.73 Å². The van der Waals surface area contributed by atoms with Crippen LogP contribution in [0.5, 0.6) is 5.75 Å². The van der Waals surface area contributed by atoms with Crippen LogP contribution < -0.4 is 10.5 Å². The maximum atomic E-state index is 13.1. The molecule has 94 valence electrons. The molecule has 0 saturated heterocycles. The van der Waals surface area contributed by atoms with Crippen LogP contribution in [0.1, 0.15) is 31.4 Å². The van der Waals surface area contributed by atoms with Crippen molar-refractivity contribution in [1.29, 1.82) is 0 Å². The average Bonchev–Trinajstić information content (AvgIpc) is 2.33. The van der Waals surface area contributed by atoms with Gasteiger partial charge in [-0.05, 0) is 25.0 Å². The summed E-state index contributed by atoms with van der Waals surface area (Å²) in [7, 11) is 1.53. The minimum absolute atomic E-state index is 0.191. The molecule has 1 aromatic rings. The highest BCUT2D eigenvalue weighted by molar-refractivity contribution is 5.33. The van der Waals surface area contributed by atoms with E-state index in [1.165, 1.54) is 7.11 Å². The van der Waals surface area contributed by atoms with Crippen molar-refractivity contribution in [3.8, 4) is 5.75 Å². The highest BCUT2D eigenvalue weighted by atomic mass is 19.3. The molecule has 1 aliphatic rings. The summed E-state index contributed by atoms with van der Waals surface area (Å²) in [6.07, 6.45) is 1.69. The Morgan fingerprint density at radius 2 is 1.94 bits per heavy atom. The second-order valence-electron chi connectivity index (χ2n) is 4.57. The van der Waals surface area contributed by atoms with Gasteiger partial charge in [0.1, 0.15) is 11.4 Å². The number of halogens is 2. The molecule has 0 aliphatic heterocycles. The lowest BCUT2D eigenvalue weighted by molar-refractivity contribution is -0.0521. The van der Waals surface area contributed by atoms with Crippen LogP contribution in [0.25, 0.3) is 0 Å². The van der Waals surface area contributed by atoms with Crippen molar-refractivity contribution >= 4 is 0 Å². The summed E-state index contributed by atoms with van der Waals surface area (Å²) >= 11 is 0. The maximum Gasteiger partial charge on any atom is 0.248 e. The number of pyridine rings is 1. The van der Waals surface area contributed by atoms with E-state index in [4.69, 9.17) is 10.5 Å². The molecule has 1 saturated carbocycles. The lowest BCUT2D eigenvalue weighted by atomic mass is 9.78. The van der Waals surface area contributed by atoms with Crippen LogP contribution in [0.3, 0.4) is 0 Å². The van der Waals surface area contributed by atoms with Crippen LogP contribution in [-0.2, 0) is 5.54 Å². The van der Waals surface area contributed by atoms with Crippen molar-refractivity contribution in [2.75, 3.05) is 7.11 Å². The first-order chi connectivity index (χ1) is 7.97. The Balaban J connectivity index is 2.27. The van der Waals surface area contributed by atoms with E-state index in [-0.39, 0.29) is 25.7 Å². The van der Waals surface area contributed by atoms with Crippen LogP contribution in [0.15, 0.2) is 18.3 Å². The molecule has 2 N–H and O–H groups in total. The molecule has 0 bridgehead atoms. The second-order valence-corrected chi connectivity index (χ2v) is 4.57. The van der Waals surface area contributed by atoms with Gasteiger partial charge in [-0.3, -0.25) is 4.98 Å².